The van der Waals surface area contributed by atoms with Crippen LogP contribution >= 0.6 is 23.2 Å². The topological polar surface area (TPSA) is 98.6 Å². The summed E-state index contributed by atoms with van der Waals surface area (Å²) in [4.78, 5) is 29.0. The number of Topliss-reactive ketones (excluding diaryl/α,β-unsaturated/α-hetero) is 1. The summed E-state index contributed by atoms with van der Waals surface area (Å²) in [6.45, 7) is -0.00176. The van der Waals surface area contributed by atoms with Gasteiger partial charge in [0.25, 0.3) is 0 Å². The quantitative estimate of drug-likeness (QED) is 0.287. The zero-order chi connectivity index (χ0) is 28.1. The van der Waals surface area contributed by atoms with Gasteiger partial charge in [-0.1, -0.05) is 23.2 Å². The second-order valence-corrected chi connectivity index (χ2v) is 13.1. The molecule has 5 rings (SSSR count). The van der Waals surface area contributed by atoms with E-state index in [1.54, 1.807) is 31.3 Å². The third kappa shape index (κ3) is 5.91. The number of halogens is 2. The molecule has 0 N–H and O–H groups in total. The van der Waals surface area contributed by atoms with Crippen molar-refractivity contribution in [1.29, 1.82) is 0 Å². The molecule has 206 valence electrons. The molecule has 0 amide bonds. The van der Waals surface area contributed by atoms with E-state index < -0.39 is 15.6 Å². The number of nitrogens with zero attached hydrogens (tertiary/aromatic N) is 3. The highest BCUT2D eigenvalue weighted by molar-refractivity contribution is 7.90. The van der Waals surface area contributed by atoms with Gasteiger partial charge in [-0.05, 0) is 69.1 Å². The number of ketones is 2. The van der Waals surface area contributed by atoms with Crippen molar-refractivity contribution in [2.75, 3.05) is 19.9 Å². The van der Waals surface area contributed by atoms with Crippen LogP contribution < -0.4 is 4.74 Å². The summed E-state index contributed by atoms with van der Waals surface area (Å²) in [5.74, 6) is -0.419. The maximum Gasteiger partial charge on any atom is 0.223 e. The van der Waals surface area contributed by atoms with Crippen LogP contribution in [0.1, 0.15) is 69.1 Å². The highest BCUT2D eigenvalue weighted by Gasteiger charge is 2.37. The predicted octanol–water partition coefficient (Wildman–Crippen LogP) is 5.09. The number of hydrogen-bond donors (Lipinski definition) is 0. The van der Waals surface area contributed by atoms with Crippen LogP contribution in [-0.2, 0) is 23.4 Å². The van der Waals surface area contributed by atoms with Crippen LogP contribution in [-0.4, -0.2) is 60.6 Å². The van der Waals surface area contributed by atoms with Crippen LogP contribution in [0.4, 0.5) is 0 Å². The van der Waals surface area contributed by atoms with Crippen LogP contribution in [0.25, 0.3) is 0 Å². The van der Waals surface area contributed by atoms with Crippen molar-refractivity contribution in [3.8, 4) is 5.88 Å². The smallest absolute Gasteiger partial charge is 0.223 e. The molecule has 2 saturated carbocycles. The van der Waals surface area contributed by atoms with Crippen LogP contribution in [0.2, 0.25) is 10.0 Å². The Hall–Kier alpha value is -2.72. The van der Waals surface area contributed by atoms with Crippen molar-refractivity contribution in [1.82, 2.24) is 14.7 Å². The molecule has 11 heteroatoms. The van der Waals surface area contributed by atoms with Crippen LogP contribution in [0, 0.1) is 0 Å². The monoisotopic (exact) mass is 589 g/mol. The molecule has 0 aliphatic heterocycles. The lowest BCUT2D eigenvalue weighted by Gasteiger charge is -2.20. The summed E-state index contributed by atoms with van der Waals surface area (Å²) in [6.07, 6.45) is 4.99. The van der Waals surface area contributed by atoms with Gasteiger partial charge in [-0.3, -0.25) is 14.5 Å². The van der Waals surface area contributed by atoms with Gasteiger partial charge in [0.15, 0.2) is 22.2 Å². The zero-order valence-electron chi connectivity index (χ0n) is 21.9. The molecule has 0 bridgehead atoms. The highest BCUT2D eigenvalue weighted by atomic mass is 35.5. The molecule has 1 aromatic heterocycles. The number of aryl methyl sites for hydroxylation is 1. The maximum absolute atomic E-state index is 14.1. The van der Waals surface area contributed by atoms with Gasteiger partial charge in [-0.15, -0.1) is 0 Å². The Morgan fingerprint density at radius 3 is 2.33 bits per heavy atom. The van der Waals surface area contributed by atoms with E-state index in [2.05, 4.69) is 10.00 Å². The highest BCUT2D eigenvalue weighted by Crippen LogP contribution is 2.44. The first-order valence-electron chi connectivity index (χ1n) is 12.7. The minimum atomic E-state index is -3.59. The fourth-order valence-corrected chi connectivity index (χ4v) is 6.13. The first kappa shape index (κ1) is 27.8. The molecule has 2 aliphatic carbocycles. The van der Waals surface area contributed by atoms with Gasteiger partial charge >= 0.3 is 0 Å². The van der Waals surface area contributed by atoms with Gasteiger partial charge in [0.05, 0.1) is 15.6 Å². The normalized spacial score (nSPS) is 15.5. The number of aromatic nitrogens is 2. The lowest BCUT2D eigenvalue weighted by Crippen LogP contribution is -2.22. The molecule has 0 saturated heterocycles. The van der Waals surface area contributed by atoms with E-state index in [-0.39, 0.29) is 45.2 Å². The molecule has 0 atom stereocenters. The lowest BCUT2D eigenvalue weighted by atomic mass is 9.99. The molecular weight excluding hydrogens is 561 g/mol. The Bertz CT molecular complexity index is 1560. The van der Waals surface area contributed by atoms with E-state index in [4.69, 9.17) is 27.9 Å². The first-order valence-corrected chi connectivity index (χ1v) is 15.3. The molecule has 8 nitrogen and oxygen atoms in total. The maximum atomic E-state index is 14.1. The molecule has 39 heavy (non-hydrogen) atoms. The Balaban J connectivity index is 1.51. The number of ether oxygens (including phenoxy) is 1. The lowest BCUT2D eigenvalue weighted by molar-refractivity contribution is 0.0908. The van der Waals surface area contributed by atoms with E-state index in [0.717, 1.165) is 31.9 Å². The standard InChI is InChI=1S/C28H29Cl2N3O5S/c1-32(19-10-11-19)14-21-23(39(3,36)37)13-12-20(25(21)30)27(35)24-26(17-4-5-17)31-33(2)28(24)38-15-22(34)16-6-8-18(29)9-7-16/h6-9,12-13,17,19H,4-5,10-11,14-15H2,1-3H3. The Labute approximate surface area is 237 Å². The van der Waals surface area contributed by atoms with Crippen LogP contribution in [0.3, 0.4) is 0 Å². The number of carbonyl (C=O) groups is 2. The van der Waals surface area contributed by atoms with E-state index >= 15 is 0 Å². The van der Waals surface area contributed by atoms with E-state index in [9.17, 15) is 18.0 Å². The van der Waals surface area contributed by atoms with Gasteiger partial charge in [0.1, 0.15) is 5.56 Å². The number of sulfone groups is 1. The van der Waals surface area contributed by atoms with Crippen molar-refractivity contribution >= 4 is 44.6 Å². The van der Waals surface area contributed by atoms with E-state index in [1.165, 1.54) is 16.8 Å². The summed E-state index contributed by atoms with van der Waals surface area (Å²) < 4.78 is 32.6. The number of benzene rings is 2. The molecular formula is C28H29Cl2N3O5S. The molecule has 2 aromatic carbocycles. The van der Waals surface area contributed by atoms with Crippen molar-refractivity contribution < 1.29 is 22.7 Å². The molecule has 2 fully saturated rings. The summed E-state index contributed by atoms with van der Waals surface area (Å²) in [5.41, 5.74) is 1.85. The van der Waals surface area contributed by atoms with Gasteiger partial charge in [0.2, 0.25) is 11.7 Å². The van der Waals surface area contributed by atoms with Gasteiger partial charge in [-0.25, -0.2) is 13.1 Å². The predicted molar refractivity (Wildman–Crippen MR) is 149 cm³/mol. The summed E-state index contributed by atoms with van der Waals surface area (Å²) >= 11 is 12.7. The minimum Gasteiger partial charge on any atom is -0.469 e. The largest absolute Gasteiger partial charge is 0.469 e. The van der Waals surface area contributed by atoms with Crippen molar-refractivity contribution in [2.24, 2.45) is 7.05 Å². The van der Waals surface area contributed by atoms with Gasteiger partial charge in [0, 0.05) is 53.5 Å². The van der Waals surface area contributed by atoms with E-state index in [0.29, 0.717) is 34.4 Å². The molecule has 3 aromatic rings. The van der Waals surface area contributed by atoms with Gasteiger partial charge in [-0.2, -0.15) is 5.10 Å². The summed E-state index contributed by atoms with van der Waals surface area (Å²) in [7, 11) is -0.00321. The molecule has 2 aliphatic rings. The second kappa shape index (κ2) is 10.7. The second-order valence-electron chi connectivity index (χ2n) is 10.3. The van der Waals surface area contributed by atoms with Crippen LogP contribution in [0.5, 0.6) is 5.88 Å². The van der Waals surface area contributed by atoms with Crippen molar-refractivity contribution in [3.63, 3.8) is 0 Å². The Morgan fingerprint density at radius 1 is 1.08 bits per heavy atom. The van der Waals surface area contributed by atoms with Crippen LogP contribution in [0.15, 0.2) is 41.3 Å². The van der Waals surface area contributed by atoms with Crippen molar-refractivity contribution in [2.45, 2.75) is 49.1 Å². The average Bonchev–Trinajstić information content (AvgIpc) is 3.80. The Kier molecular flexibility index (Phi) is 7.63. The fraction of sp³-hybridized carbons (Fsp3) is 0.393. The van der Waals surface area contributed by atoms with Crippen molar-refractivity contribution in [3.05, 3.63) is 74.4 Å². The Morgan fingerprint density at radius 2 is 1.74 bits per heavy atom. The molecule has 0 unspecified atom stereocenters. The third-order valence-electron chi connectivity index (χ3n) is 7.14. The summed E-state index contributed by atoms with van der Waals surface area (Å²) in [6, 6.07) is 9.74. The SMILES string of the molecule is CN(Cc1c(S(C)(=O)=O)ccc(C(=O)c2c(C3CC3)nn(C)c2OCC(=O)c2ccc(Cl)cc2)c1Cl)C1CC1. The average molecular weight is 591 g/mol. The zero-order valence-corrected chi connectivity index (χ0v) is 24.2. The number of rotatable bonds is 11. The first-order chi connectivity index (χ1) is 18.5. The van der Waals surface area contributed by atoms with E-state index in [1.807, 2.05) is 7.05 Å². The summed E-state index contributed by atoms with van der Waals surface area (Å²) in [5, 5.41) is 5.18. The fourth-order valence-electron chi connectivity index (χ4n) is 4.71. The molecule has 1 heterocycles. The molecule has 0 spiro atoms. The third-order valence-corrected chi connectivity index (χ3v) is 9.01. The van der Waals surface area contributed by atoms with Gasteiger partial charge < -0.3 is 4.74 Å². The minimum absolute atomic E-state index is 0.101. The number of carbonyl (C=O) groups excluding carboxylic acids is 2. The number of hydrogen-bond acceptors (Lipinski definition) is 7. The molecule has 0 radical (unpaired) electrons.